The van der Waals surface area contributed by atoms with E-state index in [1.165, 1.54) is 18.3 Å². The van der Waals surface area contributed by atoms with Gasteiger partial charge in [-0.25, -0.2) is 4.98 Å². The molecule has 5 nitrogen and oxygen atoms in total. The predicted octanol–water partition coefficient (Wildman–Crippen LogP) is 2.39. The molecule has 0 aliphatic carbocycles. The zero-order valence-electron chi connectivity index (χ0n) is 10.6. The van der Waals surface area contributed by atoms with Gasteiger partial charge in [0.15, 0.2) is 0 Å². The summed E-state index contributed by atoms with van der Waals surface area (Å²) in [5.74, 6) is -5.48. The van der Waals surface area contributed by atoms with Crippen LogP contribution < -0.4 is 11.1 Å². The summed E-state index contributed by atoms with van der Waals surface area (Å²) in [6, 6.07) is 2.77. The molecule has 0 fully saturated rings. The molecule has 0 saturated carbocycles. The number of nitrogens with two attached hydrogens (primary N) is 1. The Kier molecular flexibility index (Phi) is 4.81. The van der Waals surface area contributed by atoms with Gasteiger partial charge in [-0.3, -0.25) is 10.8 Å². The Hall–Kier alpha value is -2.26. The highest BCUT2D eigenvalue weighted by atomic mass is 19.4. The molecule has 0 unspecified atom stereocenters. The lowest BCUT2D eigenvalue weighted by atomic mass is 10.1. The van der Waals surface area contributed by atoms with Crippen LogP contribution in [-0.2, 0) is 0 Å². The van der Waals surface area contributed by atoms with Crippen LogP contribution in [0.15, 0.2) is 18.3 Å². The second-order valence-electron chi connectivity index (χ2n) is 4.07. The first-order chi connectivity index (χ1) is 9.56. The molecule has 0 aliphatic heterocycles. The van der Waals surface area contributed by atoms with Gasteiger partial charge in [0, 0.05) is 24.7 Å². The fraction of sp³-hybridized carbons (Fsp3) is 0.364. The molecule has 0 spiro atoms. The average molecular weight is 309 g/mol. The van der Waals surface area contributed by atoms with Gasteiger partial charge in [0.2, 0.25) is 0 Å². The molecule has 1 heterocycles. The van der Waals surface area contributed by atoms with Crippen molar-refractivity contribution in [3.8, 4) is 0 Å². The number of alkyl halides is 5. The minimum Gasteiger partial charge on any atom is -0.382 e. The third-order valence-electron chi connectivity index (χ3n) is 2.49. The van der Waals surface area contributed by atoms with Crippen LogP contribution >= 0.6 is 0 Å². The Labute approximate surface area is 116 Å². The van der Waals surface area contributed by atoms with Crippen molar-refractivity contribution in [3.05, 3.63) is 23.9 Å². The van der Waals surface area contributed by atoms with Gasteiger partial charge in [0.25, 0.3) is 0 Å². The number of hydrogen-bond acceptors (Lipinski definition) is 4. The number of rotatable bonds is 6. The van der Waals surface area contributed by atoms with E-state index in [0.717, 1.165) is 0 Å². The molecule has 0 amide bonds. The van der Waals surface area contributed by atoms with E-state index in [0.29, 0.717) is 0 Å². The zero-order valence-corrected chi connectivity index (χ0v) is 10.6. The molecule has 0 radical (unpaired) electrons. The minimum atomic E-state index is -5.62. The van der Waals surface area contributed by atoms with Crippen LogP contribution in [0.25, 0.3) is 0 Å². The van der Waals surface area contributed by atoms with Gasteiger partial charge in [-0.15, -0.1) is 0 Å². The summed E-state index contributed by atoms with van der Waals surface area (Å²) in [4.78, 5) is 3.73. The van der Waals surface area contributed by atoms with Crippen LogP contribution in [0.1, 0.15) is 12.0 Å². The molecule has 0 atom stereocenters. The Morgan fingerprint density at radius 2 is 1.86 bits per heavy atom. The Bertz CT molecular complexity index is 540. The van der Waals surface area contributed by atoms with Crippen LogP contribution in [-0.4, -0.2) is 35.2 Å². The van der Waals surface area contributed by atoms with Crippen molar-refractivity contribution in [1.82, 2.24) is 4.98 Å². The van der Waals surface area contributed by atoms with Crippen molar-refractivity contribution in [1.29, 1.82) is 10.8 Å². The first-order valence-corrected chi connectivity index (χ1v) is 5.63. The number of anilines is 1. The van der Waals surface area contributed by atoms with E-state index >= 15 is 0 Å². The number of nitrogens with zero attached hydrogens (tertiary/aromatic N) is 1. The second-order valence-corrected chi connectivity index (χ2v) is 4.07. The van der Waals surface area contributed by atoms with E-state index in [1.54, 1.807) is 0 Å². The standard InChI is InChI=1S/C11H12F5N5/c12-10(13,11(14,15)16)3-5-21-9-6(2-1-4-20-9)7(17)8(18)19/h1-2,4,17H,3,5H2,(H3,18,19)(H,20,21). The lowest BCUT2D eigenvalue weighted by Gasteiger charge is -2.20. The van der Waals surface area contributed by atoms with Gasteiger partial charge >= 0.3 is 12.1 Å². The molecule has 0 bridgehead atoms. The molecule has 10 heteroatoms. The zero-order chi connectivity index (χ0) is 16.3. The third-order valence-corrected chi connectivity index (χ3v) is 2.49. The maximum Gasteiger partial charge on any atom is 0.453 e. The van der Waals surface area contributed by atoms with Crippen molar-refractivity contribution in [2.24, 2.45) is 5.73 Å². The number of hydrogen-bond donors (Lipinski definition) is 4. The first kappa shape index (κ1) is 16.8. The molecular formula is C11H12F5N5. The summed E-state index contributed by atoms with van der Waals surface area (Å²) < 4.78 is 61.5. The van der Waals surface area contributed by atoms with Crippen LogP contribution in [0.2, 0.25) is 0 Å². The van der Waals surface area contributed by atoms with Crippen molar-refractivity contribution >= 4 is 17.4 Å². The average Bonchev–Trinajstić information content (AvgIpc) is 2.36. The smallest absolute Gasteiger partial charge is 0.382 e. The van der Waals surface area contributed by atoms with Gasteiger partial charge < -0.3 is 11.1 Å². The van der Waals surface area contributed by atoms with E-state index in [4.69, 9.17) is 16.6 Å². The normalized spacial score (nSPS) is 12.0. The van der Waals surface area contributed by atoms with Crippen LogP contribution in [0.4, 0.5) is 27.8 Å². The summed E-state index contributed by atoms with van der Waals surface area (Å²) in [7, 11) is 0. The van der Waals surface area contributed by atoms with Crippen molar-refractivity contribution in [3.63, 3.8) is 0 Å². The van der Waals surface area contributed by atoms with Crippen LogP contribution in [0.5, 0.6) is 0 Å². The van der Waals surface area contributed by atoms with Crippen LogP contribution in [0, 0.1) is 10.8 Å². The summed E-state index contributed by atoms with van der Waals surface area (Å²) in [6.07, 6.45) is -5.82. The van der Waals surface area contributed by atoms with Gasteiger partial charge in [-0.05, 0) is 12.1 Å². The summed E-state index contributed by atoms with van der Waals surface area (Å²) >= 11 is 0. The van der Waals surface area contributed by atoms with Gasteiger partial charge in [-0.2, -0.15) is 22.0 Å². The molecule has 5 N–H and O–H groups in total. The van der Waals surface area contributed by atoms with Gasteiger partial charge in [-0.1, -0.05) is 0 Å². The van der Waals surface area contributed by atoms with E-state index in [9.17, 15) is 22.0 Å². The van der Waals surface area contributed by atoms with E-state index in [1.807, 2.05) is 0 Å². The highest BCUT2D eigenvalue weighted by molar-refractivity contribution is 6.45. The third kappa shape index (κ3) is 4.10. The second kappa shape index (κ2) is 6.02. The lowest BCUT2D eigenvalue weighted by Crippen LogP contribution is -2.38. The lowest BCUT2D eigenvalue weighted by molar-refractivity contribution is -0.283. The number of pyridine rings is 1. The monoisotopic (exact) mass is 309 g/mol. The summed E-state index contributed by atoms with van der Waals surface area (Å²) in [6.45, 7) is -0.707. The molecule has 0 saturated heterocycles. The Morgan fingerprint density at radius 1 is 1.24 bits per heavy atom. The van der Waals surface area contributed by atoms with E-state index in [-0.39, 0.29) is 11.4 Å². The largest absolute Gasteiger partial charge is 0.453 e. The van der Waals surface area contributed by atoms with E-state index in [2.05, 4.69) is 10.3 Å². The number of halogens is 5. The molecular weight excluding hydrogens is 297 g/mol. The quantitative estimate of drug-likeness (QED) is 0.369. The number of nitrogens with one attached hydrogen (secondary N) is 3. The highest BCUT2D eigenvalue weighted by Gasteiger charge is 2.56. The molecule has 1 aromatic heterocycles. The fourth-order valence-corrected chi connectivity index (χ4v) is 1.37. The first-order valence-electron chi connectivity index (χ1n) is 5.63. The number of aromatic nitrogens is 1. The van der Waals surface area contributed by atoms with Crippen molar-refractivity contribution < 1.29 is 22.0 Å². The molecule has 116 valence electrons. The van der Waals surface area contributed by atoms with Gasteiger partial charge in [0.1, 0.15) is 17.4 Å². The predicted molar refractivity (Wildman–Crippen MR) is 67.1 cm³/mol. The minimum absolute atomic E-state index is 0.0420. The molecule has 1 aromatic rings. The highest BCUT2D eigenvalue weighted by Crippen LogP contribution is 2.37. The summed E-state index contributed by atoms with van der Waals surface area (Å²) in [5.41, 5.74) is 4.76. The summed E-state index contributed by atoms with van der Waals surface area (Å²) in [5, 5.41) is 16.9. The number of amidine groups is 1. The topological polar surface area (TPSA) is 98.6 Å². The molecule has 21 heavy (non-hydrogen) atoms. The Balaban J connectivity index is 2.78. The Morgan fingerprint density at radius 3 is 2.38 bits per heavy atom. The molecule has 0 aromatic carbocycles. The van der Waals surface area contributed by atoms with E-state index < -0.39 is 36.6 Å². The van der Waals surface area contributed by atoms with Gasteiger partial charge in [0.05, 0.1) is 0 Å². The van der Waals surface area contributed by atoms with Crippen LogP contribution in [0.3, 0.4) is 0 Å². The molecule has 0 aliphatic rings. The molecule has 1 rings (SSSR count). The fourth-order valence-electron chi connectivity index (χ4n) is 1.37. The maximum absolute atomic E-state index is 12.7. The van der Waals surface area contributed by atoms with Crippen molar-refractivity contribution in [2.45, 2.75) is 18.5 Å². The maximum atomic E-state index is 12.7. The van der Waals surface area contributed by atoms with Crippen molar-refractivity contribution in [2.75, 3.05) is 11.9 Å². The SMILES string of the molecule is N=C(N)C(=N)c1cccnc1NCCC(F)(F)C(F)(F)F.